The van der Waals surface area contributed by atoms with Crippen molar-refractivity contribution in [3.63, 3.8) is 0 Å². The minimum absolute atomic E-state index is 0.00843. The second-order valence-electron chi connectivity index (χ2n) is 8.26. The van der Waals surface area contributed by atoms with Crippen LogP contribution >= 0.6 is 27.5 Å². The molecule has 6 nitrogen and oxygen atoms in total. The first-order valence-corrected chi connectivity index (χ1v) is 11.4. The predicted octanol–water partition coefficient (Wildman–Crippen LogP) is 4.15. The van der Waals surface area contributed by atoms with Gasteiger partial charge in [0.2, 0.25) is 0 Å². The number of hydrogen-bond donors (Lipinski definition) is 0. The lowest BCUT2D eigenvalue weighted by Gasteiger charge is -2.31. The number of nitrogens with zero attached hydrogens (tertiary/aromatic N) is 2. The van der Waals surface area contributed by atoms with Crippen molar-refractivity contribution in [1.29, 1.82) is 0 Å². The van der Waals surface area contributed by atoms with Crippen molar-refractivity contribution in [2.75, 3.05) is 6.54 Å². The first-order chi connectivity index (χ1) is 15.4. The Labute approximate surface area is 197 Å². The van der Waals surface area contributed by atoms with E-state index in [-0.39, 0.29) is 22.4 Å². The maximum atomic E-state index is 13.5. The van der Waals surface area contributed by atoms with Crippen molar-refractivity contribution in [1.82, 2.24) is 10.0 Å². The van der Waals surface area contributed by atoms with E-state index < -0.39 is 41.9 Å². The lowest BCUT2D eigenvalue weighted by molar-refractivity contribution is -0.154. The van der Waals surface area contributed by atoms with Gasteiger partial charge in [-0.2, -0.15) is 5.01 Å². The molecule has 4 atom stereocenters. The van der Waals surface area contributed by atoms with Crippen molar-refractivity contribution >= 4 is 51.0 Å². The molecule has 3 aliphatic rings. The summed E-state index contributed by atoms with van der Waals surface area (Å²) >= 11 is 9.56. The Morgan fingerprint density at radius 1 is 0.969 bits per heavy atom. The zero-order valence-electron chi connectivity index (χ0n) is 16.8. The molecule has 3 amide bonds. The first-order valence-electron chi connectivity index (χ1n) is 10.3. The van der Waals surface area contributed by atoms with Gasteiger partial charge in [-0.25, -0.2) is 5.01 Å². The summed E-state index contributed by atoms with van der Waals surface area (Å²) in [5.74, 6) is -2.90. The van der Waals surface area contributed by atoms with Crippen molar-refractivity contribution in [2.24, 2.45) is 23.7 Å². The Kier molecular flexibility index (Phi) is 5.26. The average molecular weight is 514 g/mol. The highest BCUT2D eigenvalue weighted by Crippen LogP contribution is 2.52. The molecule has 0 unspecified atom stereocenters. The molecule has 1 saturated carbocycles. The molecule has 0 N–H and O–H groups in total. The highest BCUT2D eigenvalue weighted by Gasteiger charge is 2.61. The van der Waals surface area contributed by atoms with Crippen LogP contribution in [0.2, 0.25) is 5.02 Å². The number of hydrogen-bond acceptors (Lipinski definition) is 4. The van der Waals surface area contributed by atoms with Gasteiger partial charge in [0.25, 0.3) is 17.7 Å². The van der Waals surface area contributed by atoms with E-state index in [4.69, 9.17) is 11.6 Å². The standard InChI is InChI=1S/C24H18BrClN2O4/c25-16-9-7-13(8-10-16)19(29)12-27(22(30)17-3-1-2-4-18(17)26)28-23(31)20-14-5-6-15(11-14)21(20)24(28)32/h1-10,14-15,20-21H,11-12H2/t14-,15-,20+,21+/m0/s1. The van der Waals surface area contributed by atoms with Gasteiger partial charge in [-0.15, -0.1) is 0 Å². The highest BCUT2D eigenvalue weighted by molar-refractivity contribution is 9.10. The van der Waals surface area contributed by atoms with E-state index in [9.17, 15) is 19.2 Å². The molecule has 0 aromatic heterocycles. The van der Waals surface area contributed by atoms with Crippen molar-refractivity contribution < 1.29 is 19.2 Å². The summed E-state index contributed by atoms with van der Waals surface area (Å²) in [6, 6.07) is 13.1. The van der Waals surface area contributed by atoms with Crippen LogP contribution in [0.5, 0.6) is 0 Å². The number of carbonyl (C=O) groups is 4. The Morgan fingerprint density at radius 3 is 2.16 bits per heavy atom. The molecule has 2 aromatic carbocycles. The average Bonchev–Trinajstić information content (AvgIpc) is 3.46. The summed E-state index contributed by atoms with van der Waals surface area (Å²) in [4.78, 5) is 53.2. The maximum Gasteiger partial charge on any atom is 0.274 e. The summed E-state index contributed by atoms with van der Waals surface area (Å²) in [6.45, 7) is -0.453. The topological polar surface area (TPSA) is 74.8 Å². The smallest absolute Gasteiger partial charge is 0.274 e. The van der Waals surface area contributed by atoms with E-state index in [1.165, 1.54) is 6.07 Å². The molecule has 1 saturated heterocycles. The molecule has 2 fully saturated rings. The molecular formula is C24H18BrClN2O4. The van der Waals surface area contributed by atoms with Crippen LogP contribution in [-0.2, 0) is 9.59 Å². The van der Waals surface area contributed by atoms with Crippen molar-refractivity contribution in [3.05, 3.63) is 81.3 Å². The number of Topliss-reactive ketones (excluding diaryl/α,β-unsaturated/α-hetero) is 1. The summed E-state index contributed by atoms with van der Waals surface area (Å²) in [7, 11) is 0. The lowest BCUT2D eigenvalue weighted by Crippen LogP contribution is -2.52. The molecule has 0 spiro atoms. The van der Waals surface area contributed by atoms with Crippen LogP contribution in [0.15, 0.2) is 65.2 Å². The summed E-state index contributed by atoms with van der Waals surface area (Å²) in [6.07, 6.45) is 4.73. The van der Waals surface area contributed by atoms with E-state index in [0.29, 0.717) is 5.56 Å². The molecule has 5 rings (SSSR count). The third-order valence-corrected chi connectivity index (χ3v) is 7.35. The van der Waals surface area contributed by atoms with Crippen LogP contribution in [0.1, 0.15) is 27.1 Å². The Bertz CT molecular complexity index is 1150. The fourth-order valence-electron chi connectivity index (χ4n) is 4.99. The molecule has 8 heteroatoms. The van der Waals surface area contributed by atoms with Crippen LogP contribution in [0.4, 0.5) is 0 Å². The normalized spacial score (nSPS) is 25.4. The largest absolute Gasteiger partial charge is 0.292 e. The Hall–Kier alpha value is -2.77. The zero-order valence-corrected chi connectivity index (χ0v) is 19.1. The SMILES string of the molecule is O=C(CN(C(=O)c1ccccc1Cl)N1C(=O)[C@H]2[C@H](C1=O)[C@H]1C=C[C@H]2C1)c1ccc(Br)cc1. The molecule has 2 aromatic rings. The molecule has 2 bridgehead atoms. The quantitative estimate of drug-likeness (QED) is 0.342. The number of hydrazine groups is 1. The Morgan fingerprint density at radius 2 is 1.56 bits per heavy atom. The van der Waals surface area contributed by atoms with Crippen LogP contribution < -0.4 is 0 Å². The molecule has 162 valence electrons. The van der Waals surface area contributed by atoms with E-state index >= 15 is 0 Å². The molecule has 1 aliphatic heterocycles. The van der Waals surface area contributed by atoms with Gasteiger partial charge < -0.3 is 0 Å². The number of benzene rings is 2. The van der Waals surface area contributed by atoms with E-state index in [2.05, 4.69) is 15.9 Å². The Balaban J connectivity index is 1.51. The third-order valence-electron chi connectivity index (χ3n) is 6.49. The molecule has 0 radical (unpaired) electrons. The van der Waals surface area contributed by atoms with Gasteiger partial charge in [-0.3, -0.25) is 19.2 Å². The van der Waals surface area contributed by atoms with Crippen LogP contribution in [0.3, 0.4) is 0 Å². The van der Waals surface area contributed by atoms with E-state index in [0.717, 1.165) is 20.9 Å². The van der Waals surface area contributed by atoms with Crippen molar-refractivity contribution in [3.8, 4) is 0 Å². The minimum atomic E-state index is -0.664. The number of allylic oxidation sites excluding steroid dienone is 2. The summed E-state index contributed by atoms with van der Waals surface area (Å²) in [5, 5.41) is 2.04. The number of halogens is 2. The minimum Gasteiger partial charge on any atom is -0.292 e. The van der Waals surface area contributed by atoms with Gasteiger partial charge in [0.1, 0.15) is 6.54 Å². The molecule has 2 aliphatic carbocycles. The first kappa shape index (κ1) is 21.1. The third kappa shape index (κ3) is 3.31. The zero-order chi connectivity index (χ0) is 22.6. The van der Waals surface area contributed by atoms with Gasteiger partial charge in [0.15, 0.2) is 5.78 Å². The highest BCUT2D eigenvalue weighted by atomic mass is 79.9. The summed E-state index contributed by atoms with van der Waals surface area (Å²) in [5.41, 5.74) is 0.489. The second-order valence-corrected chi connectivity index (χ2v) is 9.58. The van der Waals surface area contributed by atoms with Gasteiger partial charge in [0.05, 0.1) is 22.4 Å². The van der Waals surface area contributed by atoms with Gasteiger partial charge in [-0.05, 0) is 42.5 Å². The van der Waals surface area contributed by atoms with Crippen molar-refractivity contribution in [2.45, 2.75) is 6.42 Å². The number of amides is 3. The molecular weight excluding hydrogens is 496 g/mol. The number of carbonyl (C=O) groups excluding carboxylic acids is 4. The van der Waals surface area contributed by atoms with Gasteiger partial charge in [0, 0.05) is 10.0 Å². The number of ketones is 1. The monoisotopic (exact) mass is 512 g/mol. The van der Waals surface area contributed by atoms with E-state index in [1.54, 1.807) is 42.5 Å². The van der Waals surface area contributed by atoms with Crippen LogP contribution in [-0.4, -0.2) is 40.1 Å². The lowest BCUT2D eigenvalue weighted by atomic mass is 9.85. The predicted molar refractivity (Wildman–Crippen MR) is 121 cm³/mol. The fraction of sp³-hybridized carbons (Fsp3) is 0.250. The second kappa shape index (κ2) is 7.98. The van der Waals surface area contributed by atoms with Gasteiger partial charge in [-0.1, -0.05) is 63.9 Å². The number of fused-ring (bicyclic) bond motifs is 5. The number of rotatable bonds is 5. The maximum absolute atomic E-state index is 13.5. The van der Waals surface area contributed by atoms with Gasteiger partial charge >= 0.3 is 0 Å². The summed E-state index contributed by atoms with van der Waals surface area (Å²) < 4.78 is 0.804. The van der Waals surface area contributed by atoms with Crippen LogP contribution in [0, 0.1) is 23.7 Å². The van der Waals surface area contributed by atoms with E-state index in [1.807, 2.05) is 12.2 Å². The van der Waals surface area contributed by atoms with Crippen LogP contribution in [0.25, 0.3) is 0 Å². The molecule has 1 heterocycles. The fourth-order valence-corrected chi connectivity index (χ4v) is 5.48. The molecule has 32 heavy (non-hydrogen) atoms. The number of imide groups is 1.